The number of hydrogen-bond donors (Lipinski definition) is 2. The second-order valence-electron chi connectivity index (χ2n) is 8.11. The molecule has 0 bridgehead atoms. The molecule has 3 N–H and O–H groups in total. The molecule has 3 aromatic rings. The van der Waals surface area contributed by atoms with Crippen molar-refractivity contribution in [1.29, 1.82) is 0 Å². The van der Waals surface area contributed by atoms with Crippen LogP contribution in [0, 0.1) is 6.92 Å². The Morgan fingerprint density at radius 2 is 2.03 bits per heavy atom. The van der Waals surface area contributed by atoms with Crippen molar-refractivity contribution < 1.29 is 9.53 Å². The van der Waals surface area contributed by atoms with Crippen molar-refractivity contribution in [2.24, 2.45) is 0 Å². The van der Waals surface area contributed by atoms with E-state index in [1.807, 2.05) is 26.1 Å². The zero-order valence-corrected chi connectivity index (χ0v) is 18.5. The zero-order valence-electron chi connectivity index (χ0n) is 18.5. The van der Waals surface area contributed by atoms with Gasteiger partial charge in [0.05, 0.1) is 24.4 Å². The summed E-state index contributed by atoms with van der Waals surface area (Å²) in [4.78, 5) is 32.0. The molecular formula is C23H29N7O2. The molecule has 2 aromatic heterocycles. The number of fused-ring (bicyclic) bond motifs is 1. The first kappa shape index (κ1) is 21.9. The van der Waals surface area contributed by atoms with Gasteiger partial charge in [0, 0.05) is 30.1 Å². The minimum atomic E-state index is -0.0332. The molecule has 1 amide bonds. The Hall–Kier alpha value is -3.33. The average molecular weight is 436 g/mol. The largest absolute Gasteiger partial charge is 0.491 e. The number of benzene rings is 1. The van der Waals surface area contributed by atoms with Crippen LogP contribution in [0.3, 0.4) is 0 Å². The molecule has 1 unspecified atom stereocenters. The second kappa shape index (κ2) is 9.86. The number of nitrogens with zero attached hydrogens (tertiary/aromatic N) is 5. The molecule has 0 spiro atoms. The Labute approximate surface area is 187 Å². The van der Waals surface area contributed by atoms with E-state index in [9.17, 15) is 4.79 Å². The lowest BCUT2D eigenvalue weighted by molar-refractivity contribution is -0.127. The maximum atomic E-state index is 12.5. The molecule has 1 aliphatic rings. The van der Waals surface area contributed by atoms with Gasteiger partial charge in [-0.1, -0.05) is 6.42 Å². The first-order chi connectivity index (χ1) is 15.5. The lowest BCUT2D eigenvalue weighted by atomic mass is 10.0. The van der Waals surface area contributed by atoms with E-state index in [2.05, 4.69) is 30.2 Å². The third kappa shape index (κ3) is 4.94. The minimum absolute atomic E-state index is 0.0332. The van der Waals surface area contributed by atoms with Crippen LogP contribution in [0.4, 0.5) is 5.82 Å². The van der Waals surface area contributed by atoms with E-state index in [0.717, 1.165) is 36.9 Å². The summed E-state index contributed by atoms with van der Waals surface area (Å²) in [7, 11) is 2.01. The molecule has 1 aromatic carbocycles. The van der Waals surface area contributed by atoms with E-state index in [-0.39, 0.29) is 11.9 Å². The Balaban J connectivity index is 1.45. The molecule has 1 fully saturated rings. The van der Waals surface area contributed by atoms with E-state index in [1.54, 1.807) is 12.4 Å². The summed E-state index contributed by atoms with van der Waals surface area (Å²) in [6, 6.07) is 3.77. The predicted octanol–water partition coefficient (Wildman–Crippen LogP) is 2.35. The number of nitrogens with one attached hydrogen (secondary N) is 1. The second-order valence-corrected chi connectivity index (χ2v) is 8.11. The van der Waals surface area contributed by atoms with Gasteiger partial charge in [-0.3, -0.25) is 14.7 Å². The van der Waals surface area contributed by atoms with E-state index in [0.29, 0.717) is 48.0 Å². The molecule has 4 rings (SSSR count). The van der Waals surface area contributed by atoms with Gasteiger partial charge < -0.3 is 15.8 Å². The minimum Gasteiger partial charge on any atom is -0.491 e. The van der Waals surface area contributed by atoms with Crippen LogP contribution in [0.2, 0.25) is 0 Å². The Morgan fingerprint density at radius 3 is 2.81 bits per heavy atom. The first-order valence-electron chi connectivity index (χ1n) is 11.0. The average Bonchev–Trinajstić information content (AvgIpc) is 2.79. The number of aromatic nitrogens is 4. The molecule has 1 aliphatic heterocycles. The molecule has 1 saturated heterocycles. The summed E-state index contributed by atoms with van der Waals surface area (Å²) >= 11 is 0. The molecule has 32 heavy (non-hydrogen) atoms. The van der Waals surface area contributed by atoms with Crippen molar-refractivity contribution in [2.75, 3.05) is 32.5 Å². The van der Waals surface area contributed by atoms with Gasteiger partial charge in [-0.2, -0.15) is 0 Å². The molecule has 1 atom stereocenters. The summed E-state index contributed by atoms with van der Waals surface area (Å²) in [5.41, 5.74) is 8.82. The third-order valence-corrected chi connectivity index (χ3v) is 5.72. The molecule has 0 saturated carbocycles. The van der Waals surface area contributed by atoms with Gasteiger partial charge in [-0.15, -0.1) is 0 Å². The summed E-state index contributed by atoms with van der Waals surface area (Å²) in [5.74, 6) is 1.70. The van der Waals surface area contributed by atoms with Crippen LogP contribution in [0.1, 0.15) is 31.5 Å². The summed E-state index contributed by atoms with van der Waals surface area (Å²) in [5, 5.41) is 3.04. The van der Waals surface area contributed by atoms with Crippen molar-refractivity contribution in [3.05, 3.63) is 36.5 Å². The fraction of sp³-hybridized carbons (Fsp3) is 0.435. The fourth-order valence-corrected chi connectivity index (χ4v) is 3.95. The van der Waals surface area contributed by atoms with E-state index in [4.69, 9.17) is 10.5 Å². The highest BCUT2D eigenvalue weighted by Crippen LogP contribution is 2.35. The first-order valence-corrected chi connectivity index (χ1v) is 11.0. The number of anilines is 1. The number of amides is 1. The molecule has 0 radical (unpaired) electrons. The number of likely N-dealkylation sites (tertiary alicyclic amines) is 1. The van der Waals surface area contributed by atoms with Gasteiger partial charge >= 0.3 is 0 Å². The van der Waals surface area contributed by atoms with Crippen LogP contribution < -0.4 is 15.8 Å². The SMILES string of the molecule is Cc1ncc(-c2ccc3ncc(N)nc3c2OCCCNC(=O)C2CCCCN2C)cn1. The highest BCUT2D eigenvalue weighted by molar-refractivity contribution is 5.90. The summed E-state index contributed by atoms with van der Waals surface area (Å²) in [6.45, 7) is 3.77. The Bertz CT molecular complexity index is 1090. The maximum absolute atomic E-state index is 12.5. The fourth-order valence-electron chi connectivity index (χ4n) is 3.95. The van der Waals surface area contributed by atoms with Gasteiger partial charge in [0.15, 0.2) is 5.75 Å². The smallest absolute Gasteiger partial charge is 0.237 e. The predicted molar refractivity (Wildman–Crippen MR) is 123 cm³/mol. The molecule has 0 aliphatic carbocycles. The van der Waals surface area contributed by atoms with Gasteiger partial charge in [0.25, 0.3) is 0 Å². The van der Waals surface area contributed by atoms with E-state index < -0.39 is 0 Å². The number of carbonyl (C=O) groups excluding carboxylic acids is 1. The topological polar surface area (TPSA) is 119 Å². The highest BCUT2D eigenvalue weighted by atomic mass is 16.5. The van der Waals surface area contributed by atoms with Gasteiger partial charge in [0.2, 0.25) is 5.91 Å². The molecule has 168 valence electrons. The van der Waals surface area contributed by atoms with Crippen molar-refractivity contribution in [1.82, 2.24) is 30.2 Å². The highest BCUT2D eigenvalue weighted by Gasteiger charge is 2.25. The molecular weight excluding hydrogens is 406 g/mol. The van der Waals surface area contributed by atoms with E-state index >= 15 is 0 Å². The number of carbonyl (C=O) groups is 1. The molecule has 9 nitrogen and oxygen atoms in total. The number of likely N-dealkylation sites (N-methyl/N-ethyl adjacent to an activating group) is 1. The van der Waals surface area contributed by atoms with Crippen molar-refractivity contribution >= 4 is 22.8 Å². The van der Waals surface area contributed by atoms with Crippen molar-refractivity contribution in [2.45, 2.75) is 38.6 Å². The lowest BCUT2D eigenvalue weighted by Gasteiger charge is -2.31. The van der Waals surface area contributed by atoms with Gasteiger partial charge in [-0.25, -0.2) is 15.0 Å². The number of ether oxygens (including phenoxy) is 1. The molecule has 9 heteroatoms. The zero-order chi connectivity index (χ0) is 22.5. The van der Waals surface area contributed by atoms with Gasteiger partial charge in [0.1, 0.15) is 17.2 Å². The Kier molecular flexibility index (Phi) is 6.75. The van der Waals surface area contributed by atoms with Crippen molar-refractivity contribution in [3.8, 4) is 16.9 Å². The van der Waals surface area contributed by atoms with E-state index in [1.165, 1.54) is 6.20 Å². The van der Waals surface area contributed by atoms with Crippen LogP contribution in [-0.2, 0) is 4.79 Å². The quantitative estimate of drug-likeness (QED) is 0.543. The van der Waals surface area contributed by atoms with Gasteiger partial charge in [-0.05, 0) is 51.9 Å². The summed E-state index contributed by atoms with van der Waals surface area (Å²) < 4.78 is 6.16. The van der Waals surface area contributed by atoms with Crippen molar-refractivity contribution in [3.63, 3.8) is 0 Å². The standard InChI is InChI=1S/C23H29N7O2/c1-15-26-12-16(13-27-15)17-7-8-18-21(29-20(24)14-28-18)22(17)32-11-5-9-25-23(31)19-6-3-4-10-30(19)2/h7-8,12-14,19H,3-6,9-11H2,1-2H3,(H2,24,29)(H,25,31). The Morgan fingerprint density at radius 1 is 1.22 bits per heavy atom. The van der Waals surface area contributed by atoms with Crippen LogP contribution >= 0.6 is 0 Å². The summed E-state index contributed by atoms with van der Waals surface area (Å²) in [6.07, 6.45) is 8.88. The number of nitrogen functional groups attached to an aromatic ring is 1. The number of aryl methyl sites for hydroxylation is 1. The number of rotatable bonds is 7. The number of nitrogens with two attached hydrogens (primary N) is 1. The normalized spacial score (nSPS) is 16.8. The monoisotopic (exact) mass is 435 g/mol. The van der Waals surface area contributed by atoms with Crippen LogP contribution in [0.25, 0.3) is 22.2 Å². The van der Waals surface area contributed by atoms with Crippen LogP contribution in [0.15, 0.2) is 30.7 Å². The molecule has 3 heterocycles. The maximum Gasteiger partial charge on any atom is 0.237 e. The lowest BCUT2D eigenvalue weighted by Crippen LogP contribution is -2.47. The van der Waals surface area contributed by atoms with Crippen LogP contribution in [-0.4, -0.2) is 63.5 Å². The van der Waals surface area contributed by atoms with Crippen LogP contribution in [0.5, 0.6) is 5.75 Å². The number of hydrogen-bond acceptors (Lipinski definition) is 8. The third-order valence-electron chi connectivity index (χ3n) is 5.72. The number of piperidine rings is 1.